The van der Waals surface area contributed by atoms with Crippen LogP contribution in [0.25, 0.3) is 27.9 Å². The van der Waals surface area contributed by atoms with Crippen molar-refractivity contribution in [3.05, 3.63) is 84.8 Å². The van der Waals surface area contributed by atoms with Gasteiger partial charge in [-0.25, -0.2) is 0 Å². The molecule has 2 heterocycles. The van der Waals surface area contributed by atoms with Crippen LogP contribution in [0.3, 0.4) is 0 Å². The quantitative estimate of drug-likeness (QED) is 0.507. The summed E-state index contributed by atoms with van der Waals surface area (Å²) in [5.74, 6) is 0. The van der Waals surface area contributed by atoms with Crippen molar-refractivity contribution in [3.8, 4) is 22.4 Å². The highest BCUT2D eigenvalue weighted by Gasteiger charge is 2.12. The fourth-order valence-electron chi connectivity index (χ4n) is 2.96. The van der Waals surface area contributed by atoms with E-state index in [4.69, 9.17) is 0 Å². The Morgan fingerprint density at radius 1 is 0.818 bits per heavy atom. The summed E-state index contributed by atoms with van der Waals surface area (Å²) < 4.78 is 2.22. The van der Waals surface area contributed by atoms with Gasteiger partial charge >= 0.3 is 0 Å². The van der Waals surface area contributed by atoms with Crippen LogP contribution in [0.1, 0.15) is 5.69 Å². The third-order valence-corrected chi connectivity index (χ3v) is 4.09. The highest BCUT2D eigenvalue weighted by atomic mass is 14.9. The molecule has 2 aromatic heterocycles. The molecule has 0 N–H and O–H groups in total. The second-order valence-electron chi connectivity index (χ2n) is 5.41. The summed E-state index contributed by atoms with van der Waals surface area (Å²) in [4.78, 5) is 4.60. The topological polar surface area (TPSA) is 17.3 Å². The molecule has 0 unspecified atom stereocenters. The third-order valence-electron chi connectivity index (χ3n) is 4.09. The van der Waals surface area contributed by atoms with E-state index in [-0.39, 0.29) is 0 Å². The first-order valence-electron chi connectivity index (χ1n) is 7.42. The van der Waals surface area contributed by atoms with Crippen molar-refractivity contribution < 1.29 is 0 Å². The zero-order chi connectivity index (χ0) is 14.9. The highest BCUT2D eigenvalue weighted by Crippen LogP contribution is 2.31. The molecule has 22 heavy (non-hydrogen) atoms. The van der Waals surface area contributed by atoms with Crippen LogP contribution in [0.2, 0.25) is 0 Å². The summed E-state index contributed by atoms with van der Waals surface area (Å²) >= 11 is 0. The monoisotopic (exact) mass is 284 g/mol. The first-order valence-corrected chi connectivity index (χ1v) is 7.42. The van der Waals surface area contributed by atoms with Gasteiger partial charge in [0.2, 0.25) is 0 Å². The maximum Gasteiger partial charge on any atom is 0.0942 e. The molecular formula is C20H16N2. The van der Waals surface area contributed by atoms with Gasteiger partial charge in [-0.05, 0) is 18.6 Å². The van der Waals surface area contributed by atoms with Crippen LogP contribution in [0, 0.1) is 6.92 Å². The van der Waals surface area contributed by atoms with Gasteiger partial charge < -0.3 is 4.40 Å². The zero-order valence-electron chi connectivity index (χ0n) is 12.4. The molecule has 0 spiro atoms. The lowest BCUT2D eigenvalue weighted by Gasteiger charge is -2.04. The van der Waals surface area contributed by atoms with Crippen molar-refractivity contribution in [1.82, 2.24) is 9.38 Å². The van der Waals surface area contributed by atoms with E-state index in [2.05, 4.69) is 70.9 Å². The summed E-state index contributed by atoms with van der Waals surface area (Å²) in [5, 5.41) is 0. The zero-order valence-corrected chi connectivity index (χ0v) is 12.4. The molecule has 2 nitrogen and oxygen atoms in total. The molecule has 2 heteroatoms. The number of aromatic nitrogens is 2. The van der Waals surface area contributed by atoms with Gasteiger partial charge in [-0.1, -0.05) is 60.7 Å². The molecule has 0 saturated carbocycles. The minimum Gasteiger partial charge on any atom is -0.317 e. The normalized spacial score (nSPS) is 11.0. The molecule has 0 bridgehead atoms. The Hall–Kier alpha value is -2.87. The van der Waals surface area contributed by atoms with Crippen LogP contribution >= 0.6 is 0 Å². The Bertz CT molecular complexity index is 922. The van der Waals surface area contributed by atoms with E-state index >= 15 is 0 Å². The lowest BCUT2D eigenvalue weighted by Crippen LogP contribution is -1.92. The van der Waals surface area contributed by atoms with E-state index < -0.39 is 0 Å². The maximum absolute atomic E-state index is 4.60. The summed E-state index contributed by atoms with van der Waals surface area (Å²) in [7, 11) is 0. The summed E-state index contributed by atoms with van der Waals surface area (Å²) in [5.41, 5.74) is 7.04. The van der Waals surface area contributed by atoms with E-state index in [1.807, 2.05) is 24.5 Å². The van der Waals surface area contributed by atoms with E-state index in [1.165, 1.54) is 16.8 Å². The molecule has 0 aliphatic rings. The van der Waals surface area contributed by atoms with Gasteiger partial charge in [0.25, 0.3) is 0 Å². The molecule has 0 radical (unpaired) electrons. The molecule has 0 saturated heterocycles. The van der Waals surface area contributed by atoms with Crippen molar-refractivity contribution in [2.75, 3.05) is 0 Å². The lowest BCUT2D eigenvalue weighted by molar-refractivity contribution is 1.08. The van der Waals surface area contributed by atoms with Crippen LogP contribution in [-0.4, -0.2) is 9.38 Å². The fourth-order valence-corrected chi connectivity index (χ4v) is 2.96. The van der Waals surface area contributed by atoms with Gasteiger partial charge in [0, 0.05) is 29.2 Å². The van der Waals surface area contributed by atoms with Crippen molar-refractivity contribution >= 4 is 5.52 Å². The molecular weight excluding hydrogens is 268 g/mol. The molecule has 2 aromatic carbocycles. The number of hydrogen-bond donors (Lipinski definition) is 0. The van der Waals surface area contributed by atoms with Gasteiger partial charge in [0.1, 0.15) is 0 Å². The average molecular weight is 284 g/mol. The second kappa shape index (κ2) is 5.15. The maximum atomic E-state index is 4.60. The number of aryl methyl sites for hydroxylation is 1. The van der Waals surface area contributed by atoms with E-state index in [1.54, 1.807) is 0 Å². The first kappa shape index (κ1) is 12.8. The van der Waals surface area contributed by atoms with Gasteiger partial charge in [0.05, 0.1) is 11.2 Å². The van der Waals surface area contributed by atoms with Crippen LogP contribution in [0.4, 0.5) is 0 Å². The molecule has 106 valence electrons. The summed E-state index contributed by atoms with van der Waals surface area (Å²) in [6.07, 6.45) is 3.90. The Labute approximate surface area is 129 Å². The molecule has 4 aromatic rings. The van der Waals surface area contributed by atoms with Gasteiger partial charge in [-0.3, -0.25) is 4.98 Å². The van der Waals surface area contributed by atoms with E-state index in [0.717, 1.165) is 16.8 Å². The number of fused-ring (bicyclic) bond motifs is 1. The van der Waals surface area contributed by atoms with Crippen molar-refractivity contribution in [3.63, 3.8) is 0 Å². The molecule has 4 rings (SSSR count). The van der Waals surface area contributed by atoms with E-state index in [0.29, 0.717) is 0 Å². The minimum atomic E-state index is 1.02. The largest absolute Gasteiger partial charge is 0.317 e. The third kappa shape index (κ3) is 2.01. The number of nitrogens with zero attached hydrogens (tertiary/aromatic N) is 2. The number of hydrogen-bond acceptors (Lipinski definition) is 1. The minimum absolute atomic E-state index is 1.02. The second-order valence-corrected chi connectivity index (χ2v) is 5.41. The SMILES string of the molecule is Cc1c(-c2ccccc2)cc2c(-c3ccccc3)nccn12. The average Bonchev–Trinajstić information content (AvgIpc) is 2.94. The number of benzene rings is 2. The molecule has 0 amide bonds. The smallest absolute Gasteiger partial charge is 0.0942 e. The van der Waals surface area contributed by atoms with Crippen molar-refractivity contribution in [1.29, 1.82) is 0 Å². The predicted octanol–water partition coefficient (Wildman–Crippen LogP) is 4.98. The van der Waals surface area contributed by atoms with Crippen molar-refractivity contribution in [2.45, 2.75) is 6.92 Å². The predicted molar refractivity (Wildman–Crippen MR) is 90.8 cm³/mol. The molecule has 0 aliphatic heterocycles. The summed E-state index contributed by atoms with van der Waals surface area (Å²) in [6.45, 7) is 2.16. The van der Waals surface area contributed by atoms with Crippen LogP contribution in [0.5, 0.6) is 0 Å². The van der Waals surface area contributed by atoms with Gasteiger partial charge in [-0.15, -0.1) is 0 Å². The molecule has 0 aliphatic carbocycles. The Balaban J connectivity index is 1.99. The number of rotatable bonds is 2. The van der Waals surface area contributed by atoms with Crippen LogP contribution in [-0.2, 0) is 0 Å². The lowest BCUT2D eigenvalue weighted by atomic mass is 10.1. The summed E-state index contributed by atoms with van der Waals surface area (Å²) in [6, 6.07) is 23.1. The molecule has 0 atom stereocenters. The van der Waals surface area contributed by atoms with Crippen LogP contribution < -0.4 is 0 Å². The first-order chi connectivity index (χ1) is 10.8. The van der Waals surface area contributed by atoms with E-state index in [9.17, 15) is 0 Å². The Morgan fingerprint density at radius 2 is 1.45 bits per heavy atom. The highest BCUT2D eigenvalue weighted by molar-refractivity contribution is 5.83. The molecule has 0 fully saturated rings. The standard InChI is InChI=1S/C20H16N2/c1-15-18(16-8-4-2-5-9-16)14-19-20(21-12-13-22(15)19)17-10-6-3-7-11-17/h2-14H,1H3. The van der Waals surface area contributed by atoms with Gasteiger partial charge in [-0.2, -0.15) is 0 Å². The fraction of sp³-hybridized carbons (Fsp3) is 0.0500. The Morgan fingerprint density at radius 3 is 2.14 bits per heavy atom. The Kier molecular flexibility index (Phi) is 3.01. The van der Waals surface area contributed by atoms with Crippen LogP contribution in [0.15, 0.2) is 79.1 Å². The van der Waals surface area contributed by atoms with Gasteiger partial charge in [0.15, 0.2) is 0 Å². The van der Waals surface area contributed by atoms with Crippen molar-refractivity contribution in [2.24, 2.45) is 0 Å².